The Morgan fingerprint density at radius 2 is 2.22 bits per heavy atom. The van der Waals surface area contributed by atoms with Gasteiger partial charge < -0.3 is 14.7 Å². The average Bonchev–Trinajstić information content (AvgIpc) is 2.32. The summed E-state index contributed by atoms with van der Waals surface area (Å²) in [4.78, 5) is 12.7. The van der Waals surface area contributed by atoms with Gasteiger partial charge in [-0.25, -0.2) is 0 Å². The number of hydrogen-bond donors (Lipinski definition) is 1. The number of aliphatic carboxylic acids is 1. The van der Waals surface area contributed by atoms with Crippen molar-refractivity contribution in [2.24, 2.45) is 0 Å². The first-order valence-corrected chi connectivity index (χ1v) is 6.22. The van der Waals surface area contributed by atoms with Crippen molar-refractivity contribution in [3.05, 3.63) is 29.3 Å². The Balaban J connectivity index is 2.62. The standard InChI is InChI=1S/C13H18ClNO3/c1-18-8-3-2-7-15(10-13(16)17)12-6-4-5-11(14)9-12/h4-6,9H,2-3,7-8,10H2,1H3,(H,16,17). The number of nitrogens with zero attached hydrogens (tertiary/aromatic N) is 1. The Morgan fingerprint density at radius 1 is 1.44 bits per heavy atom. The first-order valence-electron chi connectivity index (χ1n) is 5.84. The number of methoxy groups -OCH3 is 1. The molecule has 0 saturated heterocycles. The summed E-state index contributed by atoms with van der Waals surface area (Å²) < 4.78 is 4.97. The van der Waals surface area contributed by atoms with Gasteiger partial charge in [0.05, 0.1) is 0 Å². The van der Waals surface area contributed by atoms with E-state index < -0.39 is 5.97 Å². The van der Waals surface area contributed by atoms with Gasteiger partial charge in [0.1, 0.15) is 6.54 Å². The molecule has 0 amide bonds. The zero-order valence-electron chi connectivity index (χ0n) is 10.4. The molecule has 1 aromatic rings. The van der Waals surface area contributed by atoms with Gasteiger partial charge in [0.15, 0.2) is 0 Å². The zero-order chi connectivity index (χ0) is 13.4. The number of halogens is 1. The van der Waals surface area contributed by atoms with E-state index in [1.807, 2.05) is 17.0 Å². The molecule has 1 aromatic carbocycles. The second-order valence-electron chi connectivity index (χ2n) is 4.00. The fourth-order valence-electron chi connectivity index (χ4n) is 1.68. The second kappa shape index (κ2) is 7.95. The second-order valence-corrected chi connectivity index (χ2v) is 4.43. The smallest absolute Gasteiger partial charge is 0.323 e. The van der Waals surface area contributed by atoms with Crippen molar-refractivity contribution in [1.82, 2.24) is 0 Å². The van der Waals surface area contributed by atoms with Crippen LogP contribution in [-0.2, 0) is 9.53 Å². The van der Waals surface area contributed by atoms with Crippen LogP contribution in [0, 0.1) is 0 Å². The molecular weight excluding hydrogens is 254 g/mol. The topological polar surface area (TPSA) is 49.8 Å². The fourth-order valence-corrected chi connectivity index (χ4v) is 1.87. The molecule has 0 aliphatic heterocycles. The van der Waals surface area contributed by atoms with Gasteiger partial charge >= 0.3 is 5.97 Å². The lowest BCUT2D eigenvalue weighted by Crippen LogP contribution is -2.30. The maximum absolute atomic E-state index is 10.9. The van der Waals surface area contributed by atoms with Crippen molar-refractivity contribution in [1.29, 1.82) is 0 Å². The van der Waals surface area contributed by atoms with Gasteiger partial charge in [-0.15, -0.1) is 0 Å². The van der Waals surface area contributed by atoms with E-state index in [1.54, 1.807) is 19.2 Å². The lowest BCUT2D eigenvalue weighted by Gasteiger charge is -2.23. The van der Waals surface area contributed by atoms with Crippen LogP contribution < -0.4 is 4.90 Å². The summed E-state index contributed by atoms with van der Waals surface area (Å²) in [5.74, 6) is -0.846. The highest BCUT2D eigenvalue weighted by Gasteiger charge is 2.10. The molecule has 0 atom stereocenters. The Bertz CT molecular complexity index is 384. The Labute approximate surface area is 112 Å². The molecule has 4 nitrogen and oxygen atoms in total. The number of rotatable bonds is 8. The molecule has 5 heteroatoms. The molecular formula is C13H18ClNO3. The molecule has 0 aliphatic rings. The highest BCUT2D eigenvalue weighted by atomic mass is 35.5. The number of benzene rings is 1. The molecule has 1 rings (SSSR count). The van der Waals surface area contributed by atoms with Gasteiger partial charge in [-0.05, 0) is 31.0 Å². The normalized spacial score (nSPS) is 10.3. The molecule has 0 saturated carbocycles. The van der Waals surface area contributed by atoms with Crippen LogP contribution in [0.4, 0.5) is 5.69 Å². The predicted molar refractivity (Wildman–Crippen MR) is 72.4 cm³/mol. The van der Waals surface area contributed by atoms with Crippen molar-refractivity contribution in [3.8, 4) is 0 Å². The largest absolute Gasteiger partial charge is 0.480 e. The number of carboxylic acid groups (broad SMARTS) is 1. The highest BCUT2D eigenvalue weighted by Crippen LogP contribution is 2.19. The van der Waals surface area contributed by atoms with Crippen LogP contribution in [0.3, 0.4) is 0 Å². The Morgan fingerprint density at radius 3 is 2.83 bits per heavy atom. The van der Waals surface area contributed by atoms with Crippen LogP contribution in [0.5, 0.6) is 0 Å². The lowest BCUT2D eigenvalue weighted by atomic mass is 10.2. The molecule has 0 aliphatic carbocycles. The Hall–Kier alpha value is -1.26. The predicted octanol–water partition coefficient (Wildman–Crippen LogP) is 2.66. The molecule has 100 valence electrons. The molecule has 0 aromatic heterocycles. The van der Waals surface area contributed by atoms with Gasteiger partial charge in [-0.2, -0.15) is 0 Å². The zero-order valence-corrected chi connectivity index (χ0v) is 11.2. The number of anilines is 1. The molecule has 0 radical (unpaired) electrons. The maximum atomic E-state index is 10.9. The quantitative estimate of drug-likeness (QED) is 0.739. The highest BCUT2D eigenvalue weighted by molar-refractivity contribution is 6.30. The van der Waals surface area contributed by atoms with Crippen molar-refractivity contribution in [2.75, 3.05) is 31.7 Å². The first kappa shape index (κ1) is 14.8. The Kier molecular flexibility index (Phi) is 6.54. The van der Waals surface area contributed by atoms with Gasteiger partial charge in [0.2, 0.25) is 0 Å². The molecule has 0 spiro atoms. The van der Waals surface area contributed by atoms with E-state index in [4.69, 9.17) is 21.4 Å². The molecule has 0 unspecified atom stereocenters. The van der Waals surface area contributed by atoms with Gasteiger partial charge in [-0.3, -0.25) is 4.79 Å². The summed E-state index contributed by atoms with van der Waals surface area (Å²) in [6, 6.07) is 7.24. The van der Waals surface area contributed by atoms with E-state index in [1.165, 1.54) is 0 Å². The number of unbranched alkanes of at least 4 members (excludes halogenated alkanes) is 1. The van der Waals surface area contributed by atoms with Crippen molar-refractivity contribution in [3.63, 3.8) is 0 Å². The molecule has 18 heavy (non-hydrogen) atoms. The van der Waals surface area contributed by atoms with Crippen LogP contribution in [0.15, 0.2) is 24.3 Å². The first-order chi connectivity index (χ1) is 8.63. The number of hydrogen-bond acceptors (Lipinski definition) is 3. The van der Waals surface area contributed by atoms with E-state index in [0.29, 0.717) is 18.2 Å². The van der Waals surface area contributed by atoms with Crippen LogP contribution in [0.1, 0.15) is 12.8 Å². The summed E-state index contributed by atoms with van der Waals surface area (Å²) in [5, 5.41) is 9.53. The third kappa shape index (κ3) is 5.38. The summed E-state index contributed by atoms with van der Waals surface area (Å²) in [6.07, 6.45) is 1.79. The monoisotopic (exact) mass is 271 g/mol. The SMILES string of the molecule is COCCCCN(CC(=O)O)c1cccc(Cl)c1. The van der Waals surface area contributed by atoms with Crippen molar-refractivity contribution in [2.45, 2.75) is 12.8 Å². The summed E-state index contributed by atoms with van der Waals surface area (Å²) >= 11 is 5.92. The maximum Gasteiger partial charge on any atom is 0.323 e. The van der Waals surface area contributed by atoms with Crippen LogP contribution in [0.2, 0.25) is 5.02 Å². The minimum Gasteiger partial charge on any atom is -0.480 e. The molecule has 1 N–H and O–H groups in total. The van der Waals surface area contributed by atoms with E-state index in [0.717, 1.165) is 18.5 Å². The fraction of sp³-hybridized carbons (Fsp3) is 0.462. The third-order valence-electron chi connectivity index (χ3n) is 2.53. The third-order valence-corrected chi connectivity index (χ3v) is 2.76. The van der Waals surface area contributed by atoms with Crippen molar-refractivity contribution >= 4 is 23.3 Å². The summed E-state index contributed by atoms with van der Waals surface area (Å²) in [6.45, 7) is 1.35. The van der Waals surface area contributed by atoms with Crippen molar-refractivity contribution < 1.29 is 14.6 Å². The van der Waals surface area contributed by atoms with E-state index >= 15 is 0 Å². The number of ether oxygens (including phenoxy) is 1. The van der Waals surface area contributed by atoms with E-state index in [2.05, 4.69) is 0 Å². The molecule has 0 bridgehead atoms. The van der Waals surface area contributed by atoms with E-state index in [9.17, 15) is 4.79 Å². The number of carboxylic acids is 1. The van der Waals surface area contributed by atoms with Gasteiger partial charge in [0, 0.05) is 31.0 Å². The minimum atomic E-state index is -0.846. The van der Waals surface area contributed by atoms with Crippen LogP contribution in [0.25, 0.3) is 0 Å². The summed E-state index contributed by atoms with van der Waals surface area (Å²) in [5.41, 5.74) is 0.835. The lowest BCUT2D eigenvalue weighted by molar-refractivity contribution is -0.135. The van der Waals surface area contributed by atoms with Crippen LogP contribution >= 0.6 is 11.6 Å². The average molecular weight is 272 g/mol. The minimum absolute atomic E-state index is 0.0205. The van der Waals surface area contributed by atoms with Gasteiger partial charge in [0.25, 0.3) is 0 Å². The summed E-state index contributed by atoms with van der Waals surface area (Å²) in [7, 11) is 1.66. The number of carbonyl (C=O) groups is 1. The van der Waals surface area contributed by atoms with Crippen LogP contribution in [-0.4, -0.2) is 37.9 Å². The van der Waals surface area contributed by atoms with E-state index in [-0.39, 0.29) is 6.54 Å². The van der Waals surface area contributed by atoms with Gasteiger partial charge in [-0.1, -0.05) is 17.7 Å². The molecule has 0 heterocycles. The molecule has 0 fully saturated rings.